The van der Waals surface area contributed by atoms with E-state index in [-0.39, 0.29) is 5.75 Å². The predicted molar refractivity (Wildman–Crippen MR) is 67.0 cm³/mol. The summed E-state index contributed by atoms with van der Waals surface area (Å²) in [6.07, 6.45) is -0.772. The molecule has 0 radical (unpaired) electrons. The number of ether oxygens (including phenoxy) is 1. The van der Waals surface area contributed by atoms with Gasteiger partial charge in [-0.15, -0.1) is 0 Å². The first-order valence-corrected chi connectivity index (χ1v) is 6.02. The maximum Gasteiger partial charge on any atom is 0.119 e. The van der Waals surface area contributed by atoms with E-state index in [2.05, 4.69) is 12.6 Å². The summed E-state index contributed by atoms with van der Waals surface area (Å²) in [5.74, 6) is 1.01. The van der Waals surface area contributed by atoms with Gasteiger partial charge in [-0.25, -0.2) is 0 Å². The summed E-state index contributed by atoms with van der Waals surface area (Å²) in [4.78, 5) is 0. The molecule has 2 atom stereocenters. The number of hydrogen-bond donors (Lipinski definition) is 3. The molecule has 0 amide bonds. The van der Waals surface area contributed by atoms with Gasteiger partial charge in [0, 0.05) is 5.75 Å². The van der Waals surface area contributed by atoms with Crippen molar-refractivity contribution in [3.05, 3.63) is 29.8 Å². The number of thiol groups is 1. The molecular formula is C12H18O3S. The van der Waals surface area contributed by atoms with Crippen molar-refractivity contribution in [2.24, 2.45) is 0 Å². The second-order valence-corrected chi connectivity index (χ2v) is 3.98. The Morgan fingerprint density at radius 3 is 2.38 bits per heavy atom. The molecule has 0 aromatic heterocycles. The van der Waals surface area contributed by atoms with Crippen LogP contribution in [0.1, 0.15) is 25.0 Å². The summed E-state index contributed by atoms with van der Waals surface area (Å²) in [6, 6.07) is 7.09. The Bertz CT molecular complexity index is 300. The van der Waals surface area contributed by atoms with Gasteiger partial charge in [-0.1, -0.05) is 19.1 Å². The summed E-state index contributed by atoms with van der Waals surface area (Å²) < 4.78 is 5.42. The maximum atomic E-state index is 9.72. The third-order valence-electron chi connectivity index (χ3n) is 2.25. The Balaban J connectivity index is 2.63. The highest BCUT2D eigenvalue weighted by atomic mass is 32.1. The number of benzene rings is 1. The molecule has 4 heteroatoms. The molecule has 0 fully saturated rings. The molecule has 1 rings (SSSR count). The minimum absolute atomic E-state index is 0.231. The van der Waals surface area contributed by atoms with Gasteiger partial charge in [-0.05, 0) is 24.1 Å². The second kappa shape index (κ2) is 6.78. The normalized spacial score (nSPS) is 14.5. The van der Waals surface area contributed by atoms with Crippen LogP contribution in [0.3, 0.4) is 0 Å². The van der Waals surface area contributed by atoms with Crippen molar-refractivity contribution in [3.8, 4) is 5.75 Å². The lowest BCUT2D eigenvalue weighted by molar-refractivity contribution is 0.0337. The maximum absolute atomic E-state index is 9.72. The predicted octanol–water partition coefficient (Wildman–Crippen LogP) is 1.80. The Hall–Kier alpha value is -0.710. The van der Waals surface area contributed by atoms with Crippen molar-refractivity contribution in [1.82, 2.24) is 0 Å². The molecular weight excluding hydrogens is 224 g/mol. The van der Waals surface area contributed by atoms with Crippen LogP contribution in [-0.4, -0.2) is 28.7 Å². The van der Waals surface area contributed by atoms with E-state index in [0.717, 1.165) is 12.2 Å². The van der Waals surface area contributed by atoms with Crippen LogP contribution in [0.15, 0.2) is 24.3 Å². The Kier molecular flexibility index (Phi) is 5.66. The number of hydrogen-bond acceptors (Lipinski definition) is 4. The molecule has 3 nitrogen and oxygen atoms in total. The number of rotatable bonds is 6. The van der Waals surface area contributed by atoms with Crippen molar-refractivity contribution < 1.29 is 14.9 Å². The van der Waals surface area contributed by atoms with Crippen LogP contribution in [0.2, 0.25) is 0 Å². The van der Waals surface area contributed by atoms with E-state index in [1.54, 1.807) is 24.3 Å². The standard InChI is InChI=1S/C12H18O3S/c1-2-7-15-10-5-3-9(4-6-10)12(14)11(13)8-16/h3-6,11-14,16H,2,7-8H2,1H3. The molecule has 0 bridgehead atoms. The van der Waals surface area contributed by atoms with E-state index < -0.39 is 12.2 Å². The zero-order valence-corrected chi connectivity index (χ0v) is 10.2. The Morgan fingerprint density at radius 1 is 1.25 bits per heavy atom. The molecule has 2 unspecified atom stereocenters. The van der Waals surface area contributed by atoms with Crippen molar-refractivity contribution in [2.45, 2.75) is 25.6 Å². The summed E-state index contributed by atoms with van der Waals surface area (Å²) in [5.41, 5.74) is 0.672. The summed E-state index contributed by atoms with van der Waals surface area (Å²) in [7, 11) is 0. The quantitative estimate of drug-likeness (QED) is 0.667. The summed E-state index contributed by atoms with van der Waals surface area (Å²) in [5, 5.41) is 19.1. The average molecular weight is 242 g/mol. The van der Waals surface area contributed by atoms with Crippen molar-refractivity contribution in [3.63, 3.8) is 0 Å². The molecule has 90 valence electrons. The number of aliphatic hydroxyl groups is 2. The molecule has 0 aliphatic rings. The molecule has 2 N–H and O–H groups in total. The molecule has 0 aliphatic heterocycles. The SMILES string of the molecule is CCCOc1ccc(C(O)C(O)CS)cc1. The zero-order chi connectivity index (χ0) is 12.0. The van der Waals surface area contributed by atoms with Crippen LogP contribution in [0.25, 0.3) is 0 Å². The topological polar surface area (TPSA) is 49.7 Å². The number of aliphatic hydroxyl groups excluding tert-OH is 2. The van der Waals surface area contributed by atoms with Crippen LogP contribution >= 0.6 is 12.6 Å². The van der Waals surface area contributed by atoms with Crippen molar-refractivity contribution in [1.29, 1.82) is 0 Å². The van der Waals surface area contributed by atoms with Crippen molar-refractivity contribution in [2.75, 3.05) is 12.4 Å². The molecule has 1 aromatic carbocycles. The highest BCUT2D eigenvalue weighted by Crippen LogP contribution is 2.21. The smallest absolute Gasteiger partial charge is 0.119 e. The van der Waals surface area contributed by atoms with Crippen LogP contribution in [-0.2, 0) is 0 Å². The second-order valence-electron chi connectivity index (χ2n) is 3.61. The molecule has 0 heterocycles. The first kappa shape index (κ1) is 13.4. The molecule has 0 spiro atoms. The molecule has 0 saturated carbocycles. The van der Waals surface area contributed by atoms with E-state index in [9.17, 15) is 10.2 Å². The minimum Gasteiger partial charge on any atom is -0.494 e. The largest absolute Gasteiger partial charge is 0.494 e. The molecule has 0 aliphatic carbocycles. The van der Waals surface area contributed by atoms with E-state index >= 15 is 0 Å². The van der Waals surface area contributed by atoms with Gasteiger partial charge >= 0.3 is 0 Å². The highest BCUT2D eigenvalue weighted by Gasteiger charge is 2.16. The Morgan fingerprint density at radius 2 is 1.88 bits per heavy atom. The van der Waals surface area contributed by atoms with Gasteiger partial charge in [0.15, 0.2) is 0 Å². The zero-order valence-electron chi connectivity index (χ0n) is 9.34. The van der Waals surface area contributed by atoms with Crippen LogP contribution in [0.4, 0.5) is 0 Å². The van der Waals surface area contributed by atoms with E-state index in [0.29, 0.717) is 12.2 Å². The minimum atomic E-state index is -0.891. The van der Waals surface area contributed by atoms with Crippen molar-refractivity contribution >= 4 is 12.6 Å². The van der Waals surface area contributed by atoms with Gasteiger partial charge in [0.25, 0.3) is 0 Å². The molecule has 0 saturated heterocycles. The van der Waals surface area contributed by atoms with Crippen LogP contribution in [0, 0.1) is 0 Å². The summed E-state index contributed by atoms with van der Waals surface area (Å²) in [6.45, 7) is 2.72. The lowest BCUT2D eigenvalue weighted by Crippen LogP contribution is -2.19. The third kappa shape index (κ3) is 3.70. The lowest BCUT2D eigenvalue weighted by atomic mass is 10.1. The average Bonchev–Trinajstić information content (AvgIpc) is 2.35. The van der Waals surface area contributed by atoms with Gasteiger partial charge < -0.3 is 14.9 Å². The fourth-order valence-corrected chi connectivity index (χ4v) is 1.50. The molecule has 1 aromatic rings. The monoisotopic (exact) mass is 242 g/mol. The lowest BCUT2D eigenvalue weighted by Gasteiger charge is -2.16. The molecule has 16 heavy (non-hydrogen) atoms. The Labute approximate surface area is 101 Å². The van der Waals surface area contributed by atoms with Gasteiger partial charge in [0.1, 0.15) is 11.9 Å². The van der Waals surface area contributed by atoms with Gasteiger partial charge in [-0.2, -0.15) is 12.6 Å². The van der Waals surface area contributed by atoms with Gasteiger partial charge in [-0.3, -0.25) is 0 Å². The first-order valence-electron chi connectivity index (χ1n) is 5.38. The van der Waals surface area contributed by atoms with E-state index in [1.807, 2.05) is 6.92 Å². The van der Waals surface area contributed by atoms with Crippen LogP contribution in [0.5, 0.6) is 5.75 Å². The van der Waals surface area contributed by atoms with Gasteiger partial charge in [0.05, 0.1) is 12.7 Å². The fraction of sp³-hybridized carbons (Fsp3) is 0.500. The van der Waals surface area contributed by atoms with E-state index in [1.165, 1.54) is 0 Å². The fourth-order valence-electron chi connectivity index (χ4n) is 1.30. The third-order valence-corrected chi connectivity index (χ3v) is 2.62. The summed E-state index contributed by atoms with van der Waals surface area (Å²) >= 11 is 3.94. The van der Waals surface area contributed by atoms with Crippen LogP contribution < -0.4 is 4.74 Å². The van der Waals surface area contributed by atoms with Gasteiger partial charge in [0.2, 0.25) is 0 Å². The highest BCUT2D eigenvalue weighted by molar-refractivity contribution is 7.80. The van der Waals surface area contributed by atoms with E-state index in [4.69, 9.17) is 4.74 Å². The first-order chi connectivity index (χ1) is 7.69.